The van der Waals surface area contributed by atoms with Gasteiger partial charge in [0.2, 0.25) is 0 Å². The van der Waals surface area contributed by atoms with Crippen LogP contribution in [0, 0.1) is 0 Å². The molecule has 1 aromatic carbocycles. The Bertz CT molecular complexity index is 310. The van der Waals surface area contributed by atoms with Gasteiger partial charge in [-0.3, -0.25) is 5.32 Å². The van der Waals surface area contributed by atoms with Crippen LogP contribution >= 0.6 is 0 Å². The van der Waals surface area contributed by atoms with Gasteiger partial charge >= 0.3 is 0 Å². The molecule has 3 heteroatoms. The zero-order chi connectivity index (χ0) is 8.55. The van der Waals surface area contributed by atoms with Crippen molar-refractivity contribution in [3.63, 3.8) is 0 Å². The number of phenols is 2. The third kappa shape index (κ3) is 0.978. The Hall–Kier alpha value is -1.38. The van der Waals surface area contributed by atoms with Crippen LogP contribution in [0.15, 0.2) is 12.1 Å². The Labute approximate surface area is 70.7 Å². The third-order valence-corrected chi connectivity index (χ3v) is 2.10. The van der Waals surface area contributed by atoms with E-state index in [9.17, 15) is 10.2 Å². The van der Waals surface area contributed by atoms with Crippen molar-refractivity contribution in [2.24, 2.45) is 0 Å². The summed E-state index contributed by atoms with van der Waals surface area (Å²) >= 11 is 0. The van der Waals surface area contributed by atoms with Crippen LogP contribution in [-0.4, -0.2) is 16.8 Å². The number of hydrogen-bond donors (Lipinski definition) is 2. The van der Waals surface area contributed by atoms with Gasteiger partial charge in [0, 0.05) is 12.1 Å². The van der Waals surface area contributed by atoms with Crippen LogP contribution in [0.25, 0.3) is 0 Å². The molecule has 0 saturated carbocycles. The largest absolute Gasteiger partial charge is 0.504 e. The molecule has 0 amide bonds. The summed E-state index contributed by atoms with van der Waals surface area (Å²) < 4.78 is 0. The smallest absolute Gasteiger partial charge is 0.162 e. The van der Waals surface area contributed by atoms with Crippen molar-refractivity contribution in [1.29, 1.82) is 0 Å². The number of benzene rings is 1. The van der Waals surface area contributed by atoms with E-state index in [0.717, 1.165) is 30.6 Å². The Morgan fingerprint density at radius 1 is 1.25 bits per heavy atom. The van der Waals surface area contributed by atoms with E-state index in [1.54, 1.807) is 6.07 Å². The lowest BCUT2D eigenvalue weighted by atomic mass is 10.0. The van der Waals surface area contributed by atoms with Crippen LogP contribution in [0.5, 0.6) is 11.5 Å². The summed E-state index contributed by atoms with van der Waals surface area (Å²) in [7, 11) is 0. The molecule has 2 N–H and O–H groups in total. The number of rotatable bonds is 0. The number of fused-ring (bicyclic) bond motifs is 1. The molecule has 0 fully saturated rings. The molecule has 0 bridgehead atoms. The highest BCUT2D eigenvalue weighted by Gasteiger charge is 2.15. The van der Waals surface area contributed by atoms with Crippen LogP contribution in [0.3, 0.4) is 0 Å². The molecule has 1 aliphatic rings. The Balaban J connectivity index is 2.54. The van der Waals surface area contributed by atoms with Gasteiger partial charge < -0.3 is 10.2 Å². The van der Waals surface area contributed by atoms with E-state index >= 15 is 0 Å². The quantitative estimate of drug-likeness (QED) is 0.567. The summed E-state index contributed by atoms with van der Waals surface area (Å²) in [5, 5.41) is 22.8. The summed E-state index contributed by atoms with van der Waals surface area (Å²) in [5.41, 5.74) is 1.60. The summed E-state index contributed by atoms with van der Waals surface area (Å²) in [6.07, 6.45) is 1.75. The van der Waals surface area contributed by atoms with Crippen molar-refractivity contribution in [3.8, 4) is 11.5 Å². The minimum atomic E-state index is -0.0501. The lowest BCUT2D eigenvalue weighted by Gasteiger charge is -2.16. The zero-order valence-electron chi connectivity index (χ0n) is 6.62. The van der Waals surface area contributed by atoms with Crippen LogP contribution in [0.4, 0.5) is 5.69 Å². The standard InChI is InChI=1S/C9H10NO2/c11-8-4-3-7-6(9(8)12)2-1-5-10-7/h3-4,11-12H,1-2,5H2. The lowest BCUT2D eigenvalue weighted by Crippen LogP contribution is -2.10. The number of nitrogens with zero attached hydrogens (tertiary/aromatic N) is 1. The van der Waals surface area contributed by atoms with Crippen molar-refractivity contribution in [2.45, 2.75) is 12.8 Å². The van der Waals surface area contributed by atoms with Gasteiger partial charge in [0.05, 0.1) is 5.69 Å². The maximum Gasteiger partial charge on any atom is 0.162 e. The van der Waals surface area contributed by atoms with E-state index in [4.69, 9.17) is 0 Å². The van der Waals surface area contributed by atoms with E-state index in [0.29, 0.717) is 0 Å². The molecule has 63 valence electrons. The average molecular weight is 164 g/mol. The van der Waals surface area contributed by atoms with Crippen molar-refractivity contribution >= 4 is 5.69 Å². The maximum atomic E-state index is 9.43. The molecule has 0 aromatic heterocycles. The molecule has 0 spiro atoms. The highest BCUT2D eigenvalue weighted by atomic mass is 16.3. The van der Waals surface area contributed by atoms with E-state index in [1.807, 2.05) is 0 Å². The molecule has 1 radical (unpaired) electrons. The van der Waals surface area contributed by atoms with Gasteiger partial charge in [-0.1, -0.05) is 0 Å². The van der Waals surface area contributed by atoms with Crippen molar-refractivity contribution in [3.05, 3.63) is 17.7 Å². The molecule has 1 aliphatic heterocycles. The minimum Gasteiger partial charge on any atom is -0.504 e. The Kier molecular flexibility index (Phi) is 1.57. The van der Waals surface area contributed by atoms with Gasteiger partial charge in [-0.2, -0.15) is 0 Å². The highest BCUT2D eigenvalue weighted by Crippen LogP contribution is 2.36. The van der Waals surface area contributed by atoms with Gasteiger partial charge in [0.25, 0.3) is 0 Å². The second-order valence-electron chi connectivity index (χ2n) is 2.92. The topological polar surface area (TPSA) is 54.6 Å². The first kappa shape index (κ1) is 7.28. The molecule has 1 aromatic rings. The van der Waals surface area contributed by atoms with Crippen LogP contribution < -0.4 is 5.32 Å². The number of aromatic hydroxyl groups is 2. The Morgan fingerprint density at radius 3 is 2.92 bits per heavy atom. The zero-order valence-corrected chi connectivity index (χ0v) is 6.62. The molecule has 12 heavy (non-hydrogen) atoms. The second kappa shape index (κ2) is 2.59. The molecule has 0 saturated heterocycles. The van der Waals surface area contributed by atoms with Gasteiger partial charge in [-0.25, -0.2) is 0 Å². The maximum absolute atomic E-state index is 9.43. The summed E-state index contributed by atoms with van der Waals surface area (Å²) in [6.45, 7) is 0.817. The first-order valence-corrected chi connectivity index (χ1v) is 4.00. The molecular formula is C9H10NO2. The van der Waals surface area contributed by atoms with E-state index in [-0.39, 0.29) is 11.5 Å². The first-order valence-electron chi connectivity index (χ1n) is 4.00. The molecule has 0 atom stereocenters. The van der Waals surface area contributed by atoms with Gasteiger partial charge in [0.1, 0.15) is 0 Å². The number of phenolic OH excluding ortho intramolecular Hbond substituents is 2. The van der Waals surface area contributed by atoms with Crippen LogP contribution in [0.1, 0.15) is 12.0 Å². The predicted octanol–water partition coefficient (Wildman–Crippen LogP) is 1.28. The van der Waals surface area contributed by atoms with Gasteiger partial charge in [-0.15, -0.1) is 0 Å². The van der Waals surface area contributed by atoms with Gasteiger partial charge in [0.15, 0.2) is 11.5 Å². The summed E-state index contributed by atoms with van der Waals surface area (Å²) in [5.74, 6) is -0.0539. The fourth-order valence-corrected chi connectivity index (χ4v) is 1.46. The average Bonchev–Trinajstić information content (AvgIpc) is 2.12. The highest BCUT2D eigenvalue weighted by molar-refractivity contribution is 5.59. The van der Waals surface area contributed by atoms with Crippen molar-refractivity contribution in [1.82, 2.24) is 5.32 Å². The third-order valence-electron chi connectivity index (χ3n) is 2.10. The van der Waals surface area contributed by atoms with Crippen molar-refractivity contribution < 1.29 is 10.2 Å². The molecule has 0 aliphatic carbocycles. The SMILES string of the molecule is Oc1ccc2c(c1O)CCC[N]2. The van der Waals surface area contributed by atoms with Gasteiger partial charge in [-0.05, 0) is 25.0 Å². The van der Waals surface area contributed by atoms with E-state index < -0.39 is 0 Å². The predicted molar refractivity (Wildman–Crippen MR) is 44.8 cm³/mol. The molecule has 3 nitrogen and oxygen atoms in total. The monoisotopic (exact) mass is 164 g/mol. The fourth-order valence-electron chi connectivity index (χ4n) is 1.46. The molecular weight excluding hydrogens is 154 g/mol. The lowest BCUT2D eigenvalue weighted by molar-refractivity contribution is 0.397. The number of hydrogen-bond acceptors (Lipinski definition) is 2. The minimum absolute atomic E-state index is 0.00375. The first-order chi connectivity index (χ1) is 5.79. The fraction of sp³-hybridized carbons (Fsp3) is 0.333. The van der Waals surface area contributed by atoms with Crippen LogP contribution in [0.2, 0.25) is 0 Å². The Morgan fingerprint density at radius 2 is 2.08 bits per heavy atom. The second-order valence-corrected chi connectivity index (χ2v) is 2.92. The normalized spacial score (nSPS) is 15.0. The van der Waals surface area contributed by atoms with E-state index in [1.165, 1.54) is 6.07 Å². The molecule has 1 heterocycles. The molecule has 0 unspecified atom stereocenters. The summed E-state index contributed by atoms with van der Waals surface area (Å²) in [4.78, 5) is 0. The van der Waals surface area contributed by atoms with Crippen molar-refractivity contribution in [2.75, 3.05) is 6.54 Å². The van der Waals surface area contributed by atoms with Crippen LogP contribution in [-0.2, 0) is 6.42 Å². The summed E-state index contributed by atoms with van der Waals surface area (Å²) in [6, 6.07) is 3.21. The molecule has 2 rings (SSSR count). The van der Waals surface area contributed by atoms with E-state index in [2.05, 4.69) is 5.32 Å².